The van der Waals surface area contributed by atoms with Gasteiger partial charge in [0.1, 0.15) is 17.3 Å². The Hall–Kier alpha value is -3.47. The summed E-state index contributed by atoms with van der Waals surface area (Å²) < 4.78 is 75.4. The van der Waals surface area contributed by atoms with Gasteiger partial charge in [-0.15, -0.1) is 0 Å². The molecule has 3 N–H and O–H groups in total. The Labute approximate surface area is 202 Å². The van der Waals surface area contributed by atoms with Gasteiger partial charge in [-0.05, 0) is 55.3 Å². The van der Waals surface area contributed by atoms with Gasteiger partial charge in [0.05, 0.1) is 0 Å². The monoisotopic (exact) mass is 518 g/mol. The average Bonchev–Trinajstić information content (AvgIpc) is 3.24. The summed E-state index contributed by atoms with van der Waals surface area (Å²) in [6.45, 7) is 3.45. The van der Waals surface area contributed by atoms with E-state index >= 15 is 0 Å². The van der Waals surface area contributed by atoms with Crippen LogP contribution < -0.4 is 10.6 Å². The van der Waals surface area contributed by atoms with Gasteiger partial charge >= 0.3 is 6.18 Å². The molecule has 5 nitrogen and oxygen atoms in total. The van der Waals surface area contributed by atoms with Crippen molar-refractivity contribution in [3.05, 3.63) is 93.7 Å². The Balaban J connectivity index is 0.000000328. The second kappa shape index (κ2) is 12.3. The molecule has 35 heavy (non-hydrogen) atoms. The molecule has 0 fully saturated rings. The number of hydrogen-bond acceptors (Lipinski definition) is 4. The van der Waals surface area contributed by atoms with E-state index in [0.29, 0.717) is 17.8 Å². The molecule has 0 aliphatic rings. The SMILES string of the molecule is CC(=O)c1ccc(F)c(F)c1.CC/C=C(\NCc1ccc(F)cc1Cl)Nc1cc(C(F)(F)F)[nH]n1. The van der Waals surface area contributed by atoms with Crippen molar-refractivity contribution in [3.63, 3.8) is 0 Å². The highest BCUT2D eigenvalue weighted by Crippen LogP contribution is 2.29. The van der Waals surface area contributed by atoms with Gasteiger partial charge in [-0.2, -0.15) is 18.3 Å². The maximum absolute atomic E-state index is 13.0. The van der Waals surface area contributed by atoms with Crippen LogP contribution >= 0.6 is 11.6 Å². The molecule has 0 saturated carbocycles. The Morgan fingerprint density at radius 3 is 2.34 bits per heavy atom. The molecular weight excluding hydrogens is 498 g/mol. The minimum atomic E-state index is -4.49. The van der Waals surface area contributed by atoms with E-state index in [1.807, 2.05) is 12.0 Å². The number of carbonyl (C=O) groups is 1. The van der Waals surface area contributed by atoms with Crippen LogP contribution in [0.5, 0.6) is 0 Å². The first-order valence-electron chi connectivity index (χ1n) is 10.1. The quantitative estimate of drug-likeness (QED) is 0.236. The number of aromatic nitrogens is 2. The summed E-state index contributed by atoms with van der Waals surface area (Å²) in [5.74, 6) is -2.14. The predicted molar refractivity (Wildman–Crippen MR) is 120 cm³/mol. The number of hydrogen-bond donors (Lipinski definition) is 3. The van der Waals surface area contributed by atoms with Crippen LogP contribution in [0, 0.1) is 17.5 Å². The average molecular weight is 519 g/mol. The third kappa shape index (κ3) is 8.67. The zero-order valence-electron chi connectivity index (χ0n) is 18.5. The zero-order chi connectivity index (χ0) is 26.2. The van der Waals surface area contributed by atoms with E-state index in [2.05, 4.69) is 15.7 Å². The topological polar surface area (TPSA) is 69.8 Å². The van der Waals surface area contributed by atoms with Crippen molar-refractivity contribution in [2.75, 3.05) is 5.32 Å². The lowest BCUT2D eigenvalue weighted by molar-refractivity contribution is -0.141. The number of alkyl halides is 3. The molecule has 0 amide bonds. The highest BCUT2D eigenvalue weighted by Gasteiger charge is 2.33. The summed E-state index contributed by atoms with van der Waals surface area (Å²) >= 11 is 5.94. The molecule has 0 saturated heterocycles. The van der Waals surface area contributed by atoms with E-state index in [1.54, 1.807) is 6.08 Å². The van der Waals surface area contributed by atoms with Crippen molar-refractivity contribution in [3.8, 4) is 0 Å². The molecule has 0 unspecified atom stereocenters. The smallest absolute Gasteiger partial charge is 0.368 e. The fraction of sp³-hybridized carbons (Fsp3) is 0.217. The van der Waals surface area contributed by atoms with Crippen molar-refractivity contribution < 1.29 is 31.1 Å². The molecule has 1 aromatic heterocycles. The highest BCUT2D eigenvalue weighted by atomic mass is 35.5. The number of allylic oxidation sites excluding steroid dienone is 1. The number of nitrogens with zero attached hydrogens (tertiary/aromatic N) is 1. The fourth-order valence-corrected chi connectivity index (χ4v) is 2.85. The standard InChI is InChI=1S/C15H15ClF4N4.C8H6F2O/c1-2-3-13(21-8-9-4-5-10(17)6-11(9)16)22-14-7-12(23-24-14)15(18,19)20;1-5(11)6-2-3-7(9)8(10)4-6/h3-7,21H,2,8H2,1H3,(H2,22,23,24);2-4H,1H3/b13-3+;. The van der Waals surface area contributed by atoms with E-state index in [4.69, 9.17) is 11.6 Å². The maximum atomic E-state index is 13.0. The summed E-state index contributed by atoms with van der Waals surface area (Å²) in [5, 5.41) is 11.5. The van der Waals surface area contributed by atoms with Crippen LogP contribution in [-0.4, -0.2) is 16.0 Å². The summed E-state index contributed by atoms with van der Waals surface area (Å²) in [7, 11) is 0. The van der Waals surface area contributed by atoms with E-state index in [1.165, 1.54) is 31.2 Å². The number of rotatable bonds is 7. The molecule has 0 spiro atoms. The summed E-state index contributed by atoms with van der Waals surface area (Å²) in [6.07, 6.45) is -2.10. The Kier molecular flexibility index (Phi) is 9.76. The third-order valence-corrected chi connectivity index (χ3v) is 4.72. The fourth-order valence-electron chi connectivity index (χ4n) is 2.61. The molecule has 2 aromatic carbocycles. The van der Waals surface area contributed by atoms with Gasteiger partial charge in [-0.25, -0.2) is 13.2 Å². The van der Waals surface area contributed by atoms with Crippen molar-refractivity contribution in [2.45, 2.75) is 33.0 Å². The largest absolute Gasteiger partial charge is 0.432 e. The van der Waals surface area contributed by atoms with Gasteiger partial charge in [0.15, 0.2) is 23.2 Å². The molecule has 12 heteroatoms. The number of anilines is 1. The molecule has 3 rings (SSSR count). The molecule has 0 bridgehead atoms. The predicted octanol–water partition coefficient (Wildman–Crippen LogP) is 6.84. The van der Waals surface area contributed by atoms with Gasteiger partial charge in [0, 0.05) is 23.2 Å². The molecule has 0 aliphatic carbocycles. The second-order valence-corrected chi connectivity index (χ2v) is 7.50. The van der Waals surface area contributed by atoms with Crippen molar-refractivity contribution in [2.24, 2.45) is 0 Å². The van der Waals surface area contributed by atoms with Gasteiger partial charge in [0.2, 0.25) is 0 Å². The van der Waals surface area contributed by atoms with Crippen LogP contribution in [0.15, 0.2) is 54.4 Å². The van der Waals surface area contributed by atoms with Crippen LogP contribution in [0.4, 0.5) is 32.2 Å². The van der Waals surface area contributed by atoms with Crippen LogP contribution in [0.1, 0.15) is 41.9 Å². The normalized spacial score (nSPS) is 11.5. The van der Waals surface area contributed by atoms with Crippen molar-refractivity contribution >= 4 is 23.2 Å². The molecule has 188 valence electrons. The van der Waals surface area contributed by atoms with E-state index < -0.39 is 29.3 Å². The number of halogens is 7. The molecular formula is C23H21ClF6N4O. The van der Waals surface area contributed by atoms with E-state index in [-0.39, 0.29) is 28.7 Å². The van der Waals surface area contributed by atoms with Crippen molar-refractivity contribution in [1.82, 2.24) is 15.5 Å². The van der Waals surface area contributed by atoms with Crippen LogP contribution in [0.25, 0.3) is 0 Å². The minimum Gasteiger partial charge on any atom is -0.368 e. The molecule has 1 heterocycles. The number of nitrogens with one attached hydrogen (secondary N) is 3. The molecule has 3 aromatic rings. The summed E-state index contributed by atoms with van der Waals surface area (Å²) in [4.78, 5) is 10.6. The summed E-state index contributed by atoms with van der Waals surface area (Å²) in [6, 6.07) is 7.95. The number of H-pyrrole nitrogens is 1. The first kappa shape index (κ1) is 27.8. The maximum Gasteiger partial charge on any atom is 0.432 e. The van der Waals surface area contributed by atoms with Crippen LogP contribution in [-0.2, 0) is 12.7 Å². The van der Waals surface area contributed by atoms with Crippen LogP contribution in [0.2, 0.25) is 5.02 Å². The Morgan fingerprint density at radius 1 is 1.09 bits per heavy atom. The minimum absolute atomic E-state index is 0.0275. The molecule has 0 atom stereocenters. The number of aromatic amines is 1. The first-order chi connectivity index (χ1) is 16.4. The van der Waals surface area contributed by atoms with E-state index in [0.717, 1.165) is 18.2 Å². The van der Waals surface area contributed by atoms with Crippen LogP contribution in [0.3, 0.4) is 0 Å². The van der Waals surface area contributed by atoms with Gasteiger partial charge in [-0.3, -0.25) is 9.89 Å². The lowest BCUT2D eigenvalue weighted by atomic mass is 10.1. The second-order valence-electron chi connectivity index (χ2n) is 7.09. The number of carbonyl (C=O) groups excluding carboxylic acids is 1. The number of Topliss-reactive ketones (excluding diaryl/α,β-unsaturated/α-hetero) is 1. The van der Waals surface area contributed by atoms with E-state index in [9.17, 15) is 31.1 Å². The number of benzene rings is 2. The molecule has 0 radical (unpaired) electrons. The van der Waals surface area contributed by atoms with Gasteiger partial charge in [0.25, 0.3) is 0 Å². The lowest BCUT2D eigenvalue weighted by Crippen LogP contribution is -2.19. The van der Waals surface area contributed by atoms with Gasteiger partial charge < -0.3 is 10.6 Å². The zero-order valence-corrected chi connectivity index (χ0v) is 19.3. The van der Waals surface area contributed by atoms with Crippen molar-refractivity contribution in [1.29, 1.82) is 0 Å². The number of ketones is 1. The Bertz CT molecular complexity index is 1190. The Morgan fingerprint density at radius 2 is 1.80 bits per heavy atom. The lowest BCUT2D eigenvalue weighted by Gasteiger charge is -2.13. The highest BCUT2D eigenvalue weighted by molar-refractivity contribution is 6.31. The third-order valence-electron chi connectivity index (χ3n) is 4.36. The first-order valence-corrected chi connectivity index (χ1v) is 10.5. The molecule has 0 aliphatic heterocycles. The van der Waals surface area contributed by atoms with Gasteiger partial charge in [-0.1, -0.05) is 24.6 Å². The summed E-state index contributed by atoms with van der Waals surface area (Å²) in [5.41, 5.74) is -0.105.